The molecule has 9 nitrogen and oxygen atoms in total. The van der Waals surface area contributed by atoms with Crippen molar-refractivity contribution >= 4 is 19.8 Å². The topological polar surface area (TPSA) is 134 Å². The van der Waals surface area contributed by atoms with E-state index in [9.17, 15) is 19.0 Å². The van der Waals surface area contributed by atoms with E-state index in [4.69, 9.17) is 24.3 Å². The van der Waals surface area contributed by atoms with Crippen LogP contribution in [0.5, 0.6) is 0 Å². The molecule has 2 atom stereocenters. The number of esters is 2. The van der Waals surface area contributed by atoms with Crippen LogP contribution in [-0.4, -0.2) is 49.3 Å². The molecule has 0 fully saturated rings. The highest BCUT2D eigenvalue weighted by atomic mass is 31.2. The van der Waals surface area contributed by atoms with E-state index >= 15 is 0 Å². The lowest BCUT2D eigenvalue weighted by atomic mass is 10.0. The van der Waals surface area contributed by atoms with E-state index in [0.717, 1.165) is 70.6 Å². The zero-order chi connectivity index (χ0) is 41.8. The van der Waals surface area contributed by atoms with E-state index in [-0.39, 0.29) is 32.6 Å². The first-order valence-electron chi connectivity index (χ1n) is 22.8. The van der Waals surface area contributed by atoms with Crippen LogP contribution in [0.25, 0.3) is 0 Å². The number of phosphoric acid groups is 1. The minimum Gasteiger partial charge on any atom is -0.462 e. The van der Waals surface area contributed by atoms with Crippen molar-refractivity contribution in [2.75, 3.05) is 26.4 Å². The van der Waals surface area contributed by atoms with Gasteiger partial charge in [0.05, 0.1) is 13.2 Å². The van der Waals surface area contributed by atoms with Gasteiger partial charge in [-0.25, -0.2) is 4.57 Å². The molecule has 57 heavy (non-hydrogen) atoms. The Morgan fingerprint density at radius 1 is 0.544 bits per heavy atom. The Morgan fingerprint density at radius 3 is 1.44 bits per heavy atom. The van der Waals surface area contributed by atoms with Crippen molar-refractivity contribution in [2.45, 2.75) is 200 Å². The van der Waals surface area contributed by atoms with Gasteiger partial charge in [-0.1, -0.05) is 184 Å². The quantitative estimate of drug-likeness (QED) is 0.0267. The molecule has 0 saturated heterocycles. The third-order valence-corrected chi connectivity index (χ3v) is 10.4. The van der Waals surface area contributed by atoms with E-state index in [1.54, 1.807) is 0 Å². The molecule has 0 aliphatic carbocycles. The predicted octanol–water partition coefficient (Wildman–Crippen LogP) is 13.3. The zero-order valence-corrected chi connectivity index (χ0v) is 37.2. The average Bonchev–Trinajstić information content (AvgIpc) is 3.20. The van der Waals surface area contributed by atoms with Crippen LogP contribution in [0, 0.1) is 0 Å². The normalized spacial score (nSPS) is 13.8. The van der Waals surface area contributed by atoms with Crippen molar-refractivity contribution in [3.05, 3.63) is 60.8 Å². The second kappa shape index (κ2) is 43.3. The van der Waals surface area contributed by atoms with Crippen molar-refractivity contribution in [1.82, 2.24) is 0 Å². The van der Waals surface area contributed by atoms with Gasteiger partial charge < -0.3 is 20.1 Å². The van der Waals surface area contributed by atoms with Crippen molar-refractivity contribution in [1.29, 1.82) is 0 Å². The maximum atomic E-state index is 12.6. The molecule has 0 aliphatic rings. The molecular weight excluding hydrogens is 737 g/mol. The number of hydrogen-bond donors (Lipinski definition) is 2. The Labute approximate surface area is 349 Å². The molecular formula is C47H84NO8P. The van der Waals surface area contributed by atoms with Crippen LogP contribution in [0.4, 0.5) is 0 Å². The summed E-state index contributed by atoms with van der Waals surface area (Å²) in [5.41, 5.74) is 5.35. The van der Waals surface area contributed by atoms with Crippen LogP contribution in [0.15, 0.2) is 60.8 Å². The summed E-state index contributed by atoms with van der Waals surface area (Å²) in [6, 6.07) is 0. The molecule has 0 bridgehead atoms. The number of allylic oxidation sites excluding steroid dienone is 10. The number of ether oxygens (including phenoxy) is 2. The minimum atomic E-state index is -4.39. The fourth-order valence-corrected chi connectivity index (χ4v) is 6.84. The third-order valence-electron chi connectivity index (χ3n) is 9.42. The maximum Gasteiger partial charge on any atom is 0.472 e. The molecule has 0 saturated carbocycles. The van der Waals surface area contributed by atoms with Crippen LogP contribution in [0.1, 0.15) is 194 Å². The maximum absolute atomic E-state index is 12.6. The van der Waals surface area contributed by atoms with Gasteiger partial charge in [0.2, 0.25) is 0 Å². The van der Waals surface area contributed by atoms with Gasteiger partial charge in [0.15, 0.2) is 6.10 Å². The highest BCUT2D eigenvalue weighted by Gasteiger charge is 2.26. The lowest BCUT2D eigenvalue weighted by Crippen LogP contribution is -2.29. The summed E-state index contributed by atoms with van der Waals surface area (Å²) in [6.07, 6.45) is 51.1. The number of rotatable bonds is 42. The Kier molecular flexibility index (Phi) is 41.6. The second-order valence-corrected chi connectivity index (χ2v) is 16.3. The van der Waals surface area contributed by atoms with E-state index < -0.39 is 32.5 Å². The van der Waals surface area contributed by atoms with Gasteiger partial charge in [-0.3, -0.25) is 18.6 Å². The lowest BCUT2D eigenvalue weighted by Gasteiger charge is -2.19. The molecule has 0 aromatic heterocycles. The van der Waals surface area contributed by atoms with Gasteiger partial charge >= 0.3 is 19.8 Å². The second-order valence-electron chi connectivity index (χ2n) is 14.9. The largest absolute Gasteiger partial charge is 0.472 e. The molecule has 0 aromatic rings. The van der Waals surface area contributed by atoms with Crippen LogP contribution < -0.4 is 5.73 Å². The van der Waals surface area contributed by atoms with Gasteiger partial charge in [-0.05, 0) is 57.8 Å². The molecule has 3 N–H and O–H groups in total. The van der Waals surface area contributed by atoms with E-state index in [1.807, 2.05) is 0 Å². The monoisotopic (exact) mass is 822 g/mol. The molecule has 0 rings (SSSR count). The molecule has 0 aliphatic heterocycles. The Balaban J connectivity index is 4.18. The van der Waals surface area contributed by atoms with Gasteiger partial charge in [0.1, 0.15) is 6.61 Å². The number of carbonyl (C=O) groups is 2. The van der Waals surface area contributed by atoms with Crippen LogP contribution in [0.3, 0.4) is 0 Å². The first-order valence-corrected chi connectivity index (χ1v) is 24.3. The molecule has 0 amide bonds. The van der Waals surface area contributed by atoms with Gasteiger partial charge in [0, 0.05) is 19.4 Å². The van der Waals surface area contributed by atoms with Gasteiger partial charge in [-0.2, -0.15) is 0 Å². The smallest absolute Gasteiger partial charge is 0.462 e. The minimum absolute atomic E-state index is 0.0472. The van der Waals surface area contributed by atoms with Gasteiger partial charge in [0.25, 0.3) is 0 Å². The van der Waals surface area contributed by atoms with Crippen LogP contribution >= 0.6 is 7.82 Å². The Hall–Kier alpha value is -2.29. The Bertz CT molecular complexity index is 1120. The molecule has 0 spiro atoms. The number of carbonyl (C=O) groups excluding carboxylic acids is 2. The molecule has 10 heteroatoms. The number of hydrogen-bond acceptors (Lipinski definition) is 8. The lowest BCUT2D eigenvalue weighted by molar-refractivity contribution is -0.161. The number of nitrogens with two attached hydrogens (primary N) is 1. The molecule has 0 aromatic carbocycles. The summed E-state index contributed by atoms with van der Waals surface area (Å²) in [5, 5.41) is 0. The van der Waals surface area contributed by atoms with E-state index in [1.165, 1.54) is 83.5 Å². The Morgan fingerprint density at radius 2 is 0.965 bits per heavy atom. The number of unbranched alkanes of at least 4 members (excludes halogenated alkanes) is 19. The third kappa shape index (κ3) is 43.1. The van der Waals surface area contributed by atoms with Crippen LogP contribution in [0.2, 0.25) is 0 Å². The van der Waals surface area contributed by atoms with Crippen molar-refractivity contribution in [3.8, 4) is 0 Å². The highest BCUT2D eigenvalue weighted by Crippen LogP contribution is 2.43. The summed E-state index contributed by atoms with van der Waals surface area (Å²) < 4.78 is 32.8. The molecule has 1 unspecified atom stereocenters. The summed E-state index contributed by atoms with van der Waals surface area (Å²) in [6.45, 7) is 3.59. The van der Waals surface area contributed by atoms with E-state index in [0.29, 0.717) is 12.8 Å². The van der Waals surface area contributed by atoms with Gasteiger partial charge in [-0.15, -0.1) is 0 Å². The first-order chi connectivity index (χ1) is 27.8. The predicted molar refractivity (Wildman–Crippen MR) is 238 cm³/mol. The van der Waals surface area contributed by atoms with Crippen LogP contribution in [-0.2, 0) is 32.7 Å². The standard InChI is InChI=1S/C47H84NO8P/c1-3-5-7-9-11-13-15-17-19-21-22-24-25-27-29-31-33-35-37-39-46(49)53-43-45(44-55-57(51,52)54-42-41-48)56-47(50)40-38-36-34-32-30-28-26-23-20-18-16-14-12-10-8-6-4-2/h5,7,11,13,17,19,22,24,27,29,45H,3-4,6,8-10,12,14-16,18,20-21,23,25-26,28,30-44,48H2,1-2H3,(H,51,52)/b7-5-,13-11-,19-17-,24-22-,29-27-/t45-/m1/s1. The summed E-state index contributed by atoms with van der Waals surface area (Å²) in [4.78, 5) is 34.9. The average molecular weight is 822 g/mol. The molecule has 330 valence electrons. The summed E-state index contributed by atoms with van der Waals surface area (Å²) in [7, 11) is -4.39. The first kappa shape index (κ1) is 54.7. The van der Waals surface area contributed by atoms with Crippen molar-refractivity contribution < 1.29 is 37.6 Å². The van der Waals surface area contributed by atoms with Crippen molar-refractivity contribution in [2.24, 2.45) is 5.73 Å². The number of phosphoric ester groups is 1. The van der Waals surface area contributed by atoms with E-state index in [2.05, 4.69) is 74.6 Å². The SMILES string of the molecule is CC/C=C\C/C=C\C/C=C\C/C=C\C/C=C\CCCCCC(=O)OC[C@H](COP(=O)(O)OCCN)OC(=O)CCCCCCCCCCCCCCCCCCC. The highest BCUT2D eigenvalue weighted by molar-refractivity contribution is 7.47. The summed E-state index contributed by atoms with van der Waals surface area (Å²) in [5.74, 6) is -0.864. The summed E-state index contributed by atoms with van der Waals surface area (Å²) >= 11 is 0. The van der Waals surface area contributed by atoms with Crippen molar-refractivity contribution in [3.63, 3.8) is 0 Å². The molecule has 0 heterocycles. The fraction of sp³-hybridized carbons (Fsp3) is 0.745. The molecule has 0 radical (unpaired) electrons. The fourth-order valence-electron chi connectivity index (χ4n) is 6.07. The zero-order valence-electron chi connectivity index (χ0n) is 36.3.